The Morgan fingerprint density at radius 2 is 1.70 bits per heavy atom. The Hall–Kier alpha value is -2.86. The molecule has 0 unspecified atom stereocenters. The van der Waals surface area contributed by atoms with Crippen LogP contribution in [0.4, 0.5) is 0 Å². The van der Waals surface area contributed by atoms with Crippen LogP contribution in [-0.2, 0) is 11.3 Å². The van der Waals surface area contributed by atoms with Crippen LogP contribution < -0.4 is 5.32 Å². The molecule has 1 heterocycles. The first-order valence-electron chi connectivity index (χ1n) is 8.72. The SMILES string of the molecule is C=CCn1c(C)nnc1SCC(=O)NC(c1ccccc1)c1ccccc1. The molecule has 1 N–H and O–H groups in total. The van der Waals surface area contributed by atoms with Crippen LogP contribution >= 0.6 is 11.8 Å². The third kappa shape index (κ3) is 4.86. The van der Waals surface area contributed by atoms with Crippen LogP contribution in [-0.4, -0.2) is 26.4 Å². The number of benzene rings is 2. The largest absolute Gasteiger partial charge is 0.344 e. The van der Waals surface area contributed by atoms with Gasteiger partial charge in [-0.15, -0.1) is 16.8 Å². The van der Waals surface area contributed by atoms with Gasteiger partial charge in [-0.05, 0) is 18.1 Å². The first kappa shape index (κ1) is 18.9. The molecule has 0 atom stereocenters. The lowest BCUT2D eigenvalue weighted by molar-refractivity contribution is -0.119. The summed E-state index contributed by atoms with van der Waals surface area (Å²) in [5.41, 5.74) is 2.10. The van der Waals surface area contributed by atoms with Gasteiger partial charge >= 0.3 is 0 Å². The maximum Gasteiger partial charge on any atom is 0.231 e. The summed E-state index contributed by atoms with van der Waals surface area (Å²) in [6.07, 6.45) is 1.79. The van der Waals surface area contributed by atoms with E-state index in [1.165, 1.54) is 11.8 Å². The van der Waals surface area contributed by atoms with Crippen molar-refractivity contribution in [3.05, 3.63) is 90.3 Å². The maximum absolute atomic E-state index is 12.6. The van der Waals surface area contributed by atoms with Crippen molar-refractivity contribution in [1.29, 1.82) is 0 Å². The van der Waals surface area contributed by atoms with Crippen molar-refractivity contribution in [2.75, 3.05) is 5.75 Å². The van der Waals surface area contributed by atoms with Gasteiger partial charge in [-0.3, -0.25) is 4.79 Å². The van der Waals surface area contributed by atoms with Gasteiger partial charge in [-0.2, -0.15) is 0 Å². The fourth-order valence-corrected chi connectivity index (χ4v) is 3.60. The van der Waals surface area contributed by atoms with Gasteiger partial charge in [-0.1, -0.05) is 78.5 Å². The average Bonchev–Trinajstić information content (AvgIpc) is 3.06. The van der Waals surface area contributed by atoms with Crippen molar-refractivity contribution in [1.82, 2.24) is 20.1 Å². The van der Waals surface area contributed by atoms with E-state index in [4.69, 9.17) is 0 Å². The summed E-state index contributed by atoms with van der Waals surface area (Å²) in [6.45, 7) is 6.27. The van der Waals surface area contributed by atoms with E-state index in [2.05, 4.69) is 22.1 Å². The van der Waals surface area contributed by atoms with Crippen LogP contribution in [0.15, 0.2) is 78.5 Å². The molecule has 0 saturated carbocycles. The van der Waals surface area contributed by atoms with Crippen LogP contribution in [0.25, 0.3) is 0 Å². The lowest BCUT2D eigenvalue weighted by atomic mass is 9.99. The minimum Gasteiger partial charge on any atom is -0.344 e. The van der Waals surface area contributed by atoms with E-state index in [-0.39, 0.29) is 17.7 Å². The van der Waals surface area contributed by atoms with Crippen LogP contribution in [0.2, 0.25) is 0 Å². The molecule has 0 aliphatic rings. The third-order valence-electron chi connectivity index (χ3n) is 4.12. The molecule has 0 fully saturated rings. The number of hydrogen-bond acceptors (Lipinski definition) is 4. The lowest BCUT2D eigenvalue weighted by Crippen LogP contribution is -2.30. The van der Waals surface area contributed by atoms with E-state index >= 15 is 0 Å². The fourth-order valence-electron chi connectivity index (χ4n) is 2.79. The predicted octanol–water partition coefficient (Wildman–Crippen LogP) is 3.77. The first-order valence-corrected chi connectivity index (χ1v) is 9.70. The van der Waals surface area contributed by atoms with Crippen molar-refractivity contribution < 1.29 is 4.79 Å². The molecule has 6 heteroatoms. The monoisotopic (exact) mass is 378 g/mol. The topological polar surface area (TPSA) is 59.8 Å². The molecule has 1 aromatic heterocycles. The summed E-state index contributed by atoms with van der Waals surface area (Å²) in [7, 11) is 0. The second-order valence-corrected chi connectivity index (χ2v) is 6.98. The number of nitrogens with zero attached hydrogens (tertiary/aromatic N) is 3. The quantitative estimate of drug-likeness (QED) is 0.479. The Bertz CT molecular complexity index is 854. The number of allylic oxidation sites excluding steroid dienone is 1. The van der Waals surface area contributed by atoms with Crippen LogP contribution in [0, 0.1) is 6.92 Å². The van der Waals surface area contributed by atoms with Gasteiger partial charge in [-0.25, -0.2) is 0 Å². The van der Waals surface area contributed by atoms with Gasteiger partial charge in [0.2, 0.25) is 5.91 Å². The Balaban J connectivity index is 1.71. The fraction of sp³-hybridized carbons (Fsp3) is 0.190. The molecule has 3 aromatic rings. The molecule has 3 rings (SSSR count). The molecule has 5 nitrogen and oxygen atoms in total. The van der Waals surface area contributed by atoms with E-state index in [0.29, 0.717) is 6.54 Å². The van der Waals surface area contributed by atoms with Gasteiger partial charge in [0.1, 0.15) is 5.82 Å². The highest BCUT2D eigenvalue weighted by Crippen LogP contribution is 2.23. The van der Waals surface area contributed by atoms with Crippen molar-refractivity contribution in [2.45, 2.75) is 24.7 Å². The highest BCUT2D eigenvalue weighted by molar-refractivity contribution is 7.99. The van der Waals surface area contributed by atoms with Crippen molar-refractivity contribution in [3.63, 3.8) is 0 Å². The number of thioether (sulfide) groups is 1. The van der Waals surface area contributed by atoms with Gasteiger partial charge in [0.25, 0.3) is 0 Å². The van der Waals surface area contributed by atoms with E-state index < -0.39 is 0 Å². The predicted molar refractivity (Wildman–Crippen MR) is 109 cm³/mol. The first-order chi connectivity index (χ1) is 13.2. The summed E-state index contributed by atoms with van der Waals surface area (Å²) >= 11 is 1.38. The number of aryl methyl sites for hydroxylation is 1. The molecule has 0 bridgehead atoms. The van der Waals surface area contributed by atoms with Crippen molar-refractivity contribution >= 4 is 17.7 Å². The Morgan fingerprint density at radius 3 is 2.26 bits per heavy atom. The second-order valence-electron chi connectivity index (χ2n) is 6.04. The molecule has 0 spiro atoms. The van der Waals surface area contributed by atoms with Crippen molar-refractivity contribution in [2.24, 2.45) is 0 Å². The average molecular weight is 379 g/mol. The van der Waals surface area contributed by atoms with Crippen molar-refractivity contribution in [3.8, 4) is 0 Å². The number of nitrogens with one attached hydrogen (secondary N) is 1. The molecule has 27 heavy (non-hydrogen) atoms. The van der Waals surface area contributed by atoms with Gasteiger partial charge < -0.3 is 9.88 Å². The zero-order valence-electron chi connectivity index (χ0n) is 15.2. The Kier molecular flexibility index (Phi) is 6.44. The summed E-state index contributed by atoms with van der Waals surface area (Å²) in [5, 5.41) is 12.1. The van der Waals surface area contributed by atoms with Crippen LogP contribution in [0.3, 0.4) is 0 Å². The van der Waals surface area contributed by atoms with E-state index in [9.17, 15) is 4.79 Å². The minimum absolute atomic E-state index is 0.0523. The number of hydrogen-bond donors (Lipinski definition) is 1. The summed E-state index contributed by atoms with van der Waals surface area (Å²) in [5.74, 6) is 1.03. The molecular formula is C21H22N4OS. The summed E-state index contributed by atoms with van der Waals surface area (Å²) < 4.78 is 1.94. The second kappa shape index (κ2) is 9.19. The number of carbonyl (C=O) groups is 1. The number of carbonyl (C=O) groups excluding carboxylic acids is 1. The zero-order chi connectivity index (χ0) is 19.1. The molecule has 1 amide bonds. The summed E-state index contributed by atoms with van der Waals surface area (Å²) in [4.78, 5) is 12.6. The van der Waals surface area contributed by atoms with E-state index in [1.807, 2.05) is 72.2 Å². The van der Waals surface area contributed by atoms with Crippen LogP contribution in [0.5, 0.6) is 0 Å². The summed E-state index contributed by atoms with van der Waals surface area (Å²) in [6, 6.07) is 19.8. The van der Waals surface area contributed by atoms with Crippen LogP contribution in [0.1, 0.15) is 23.0 Å². The molecule has 2 aromatic carbocycles. The standard InChI is InChI=1S/C21H22N4OS/c1-3-14-25-16(2)23-24-21(25)27-15-19(26)22-20(17-10-6-4-7-11-17)18-12-8-5-9-13-18/h3-13,20H,1,14-15H2,2H3,(H,22,26). The molecule has 0 radical (unpaired) electrons. The van der Waals surface area contributed by atoms with Gasteiger partial charge in [0.05, 0.1) is 11.8 Å². The lowest BCUT2D eigenvalue weighted by Gasteiger charge is -2.19. The molecule has 138 valence electrons. The number of rotatable bonds is 8. The molecule has 0 aliphatic carbocycles. The number of amides is 1. The normalized spacial score (nSPS) is 10.7. The molecular weight excluding hydrogens is 356 g/mol. The third-order valence-corrected chi connectivity index (χ3v) is 5.08. The van der Waals surface area contributed by atoms with Gasteiger partial charge in [0, 0.05) is 6.54 Å². The Labute approximate surface area is 163 Å². The zero-order valence-corrected chi connectivity index (χ0v) is 16.0. The molecule has 0 saturated heterocycles. The highest BCUT2D eigenvalue weighted by Gasteiger charge is 2.17. The smallest absolute Gasteiger partial charge is 0.231 e. The van der Waals surface area contributed by atoms with E-state index in [0.717, 1.165) is 22.1 Å². The highest BCUT2D eigenvalue weighted by atomic mass is 32.2. The minimum atomic E-state index is -0.187. The molecule has 0 aliphatic heterocycles. The van der Waals surface area contributed by atoms with Gasteiger partial charge in [0.15, 0.2) is 5.16 Å². The Morgan fingerprint density at radius 1 is 1.11 bits per heavy atom. The van der Waals surface area contributed by atoms with E-state index in [1.54, 1.807) is 6.08 Å². The number of aromatic nitrogens is 3. The maximum atomic E-state index is 12.6.